The van der Waals surface area contributed by atoms with Gasteiger partial charge in [-0.15, -0.1) is 0 Å². The smallest absolute Gasteiger partial charge is 0.138 e. The van der Waals surface area contributed by atoms with E-state index in [1.807, 2.05) is 0 Å². The molecule has 0 aliphatic heterocycles. The highest BCUT2D eigenvalue weighted by Crippen LogP contribution is 2.28. The van der Waals surface area contributed by atoms with Crippen LogP contribution in [0.2, 0.25) is 0 Å². The van der Waals surface area contributed by atoms with E-state index in [-0.39, 0.29) is 6.10 Å². The molecule has 1 aliphatic rings. The Morgan fingerprint density at radius 1 is 1.43 bits per heavy atom. The van der Waals surface area contributed by atoms with Gasteiger partial charge in [0, 0.05) is 0 Å². The predicted molar refractivity (Wildman–Crippen MR) is 50.5 cm³/mol. The van der Waals surface area contributed by atoms with Crippen LogP contribution in [0.1, 0.15) is 37.4 Å². The van der Waals surface area contributed by atoms with E-state index in [0.29, 0.717) is 11.7 Å². The molecule has 0 aromatic carbocycles. The van der Waals surface area contributed by atoms with Gasteiger partial charge in [0.2, 0.25) is 0 Å². The van der Waals surface area contributed by atoms with Crippen molar-refractivity contribution in [3.63, 3.8) is 0 Å². The summed E-state index contributed by atoms with van der Waals surface area (Å²) >= 11 is 0. The van der Waals surface area contributed by atoms with E-state index < -0.39 is 0 Å². The number of rotatable bonds is 1. The number of nitrogens with zero attached hydrogens (tertiary/aromatic N) is 3. The number of nitriles is 1. The second-order valence-corrected chi connectivity index (χ2v) is 3.74. The van der Waals surface area contributed by atoms with Crippen molar-refractivity contribution in [3.05, 3.63) is 18.0 Å². The summed E-state index contributed by atoms with van der Waals surface area (Å²) in [5, 5.41) is 22.3. The van der Waals surface area contributed by atoms with Crippen LogP contribution in [0.3, 0.4) is 0 Å². The summed E-state index contributed by atoms with van der Waals surface area (Å²) in [4.78, 5) is 0. The maximum Gasteiger partial charge on any atom is 0.138 e. The zero-order chi connectivity index (χ0) is 9.97. The van der Waals surface area contributed by atoms with Crippen molar-refractivity contribution in [1.82, 2.24) is 9.78 Å². The first-order chi connectivity index (χ1) is 6.81. The first-order valence-electron chi connectivity index (χ1n) is 4.93. The van der Waals surface area contributed by atoms with Crippen molar-refractivity contribution in [1.29, 1.82) is 5.26 Å². The summed E-state index contributed by atoms with van der Waals surface area (Å²) in [7, 11) is 0. The van der Waals surface area contributed by atoms with Crippen LogP contribution in [-0.4, -0.2) is 21.0 Å². The van der Waals surface area contributed by atoms with Crippen LogP contribution in [0.4, 0.5) is 0 Å². The van der Waals surface area contributed by atoms with Crippen molar-refractivity contribution < 1.29 is 5.11 Å². The Morgan fingerprint density at radius 3 is 2.79 bits per heavy atom. The molecule has 1 N–H and O–H groups in total. The first kappa shape index (κ1) is 9.22. The third-order valence-electron chi connectivity index (χ3n) is 2.80. The quantitative estimate of drug-likeness (QED) is 0.726. The lowest BCUT2D eigenvalue weighted by molar-refractivity contribution is 0.107. The minimum absolute atomic E-state index is 0.160. The summed E-state index contributed by atoms with van der Waals surface area (Å²) in [5.41, 5.74) is 0.617. The predicted octanol–water partition coefficient (Wildman–Crippen LogP) is 1.23. The van der Waals surface area contributed by atoms with Gasteiger partial charge in [0.05, 0.1) is 18.3 Å². The van der Waals surface area contributed by atoms with Crippen molar-refractivity contribution in [2.45, 2.75) is 37.8 Å². The Bertz CT molecular complexity index is 344. The molecule has 4 nitrogen and oxygen atoms in total. The fourth-order valence-electron chi connectivity index (χ4n) is 2.00. The standard InChI is InChI=1S/C10H13N3O/c11-7-9-5-6-12-13(9)8-1-3-10(14)4-2-8/h5-6,8,10,14H,1-4H2. The van der Waals surface area contributed by atoms with Crippen LogP contribution < -0.4 is 0 Å². The Morgan fingerprint density at radius 2 is 2.14 bits per heavy atom. The van der Waals surface area contributed by atoms with Gasteiger partial charge in [0.1, 0.15) is 11.8 Å². The molecule has 0 spiro atoms. The van der Waals surface area contributed by atoms with Crippen LogP contribution in [0.25, 0.3) is 0 Å². The van der Waals surface area contributed by atoms with E-state index in [0.717, 1.165) is 25.7 Å². The molecule has 14 heavy (non-hydrogen) atoms. The number of aliphatic hydroxyl groups excluding tert-OH is 1. The molecule has 1 fully saturated rings. The van der Waals surface area contributed by atoms with Crippen LogP contribution in [-0.2, 0) is 0 Å². The first-order valence-corrected chi connectivity index (χ1v) is 4.93. The third kappa shape index (κ3) is 1.64. The largest absolute Gasteiger partial charge is 0.393 e. The molecule has 1 aromatic rings. The molecule has 4 heteroatoms. The second-order valence-electron chi connectivity index (χ2n) is 3.74. The molecule has 0 atom stereocenters. The van der Waals surface area contributed by atoms with E-state index in [4.69, 9.17) is 5.26 Å². The molecule has 0 unspecified atom stereocenters. The van der Waals surface area contributed by atoms with Crippen LogP contribution in [0, 0.1) is 11.3 Å². The van der Waals surface area contributed by atoms with Crippen molar-refractivity contribution in [2.75, 3.05) is 0 Å². The van der Waals surface area contributed by atoms with Gasteiger partial charge in [0.15, 0.2) is 0 Å². The van der Waals surface area contributed by atoms with Crippen molar-refractivity contribution >= 4 is 0 Å². The number of hydrogen-bond donors (Lipinski definition) is 1. The molecule has 1 saturated carbocycles. The Balaban J connectivity index is 2.13. The average Bonchev–Trinajstić information content (AvgIpc) is 2.67. The third-order valence-corrected chi connectivity index (χ3v) is 2.80. The fraction of sp³-hybridized carbons (Fsp3) is 0.600. The fourth-order valence-corrected chi connectivity index (χ4v) is 2.00. The Kier molecular flexibility index (Phi) is 2.51. The minimum Gasteiger partial charge on any atom is -0.393 e. The molecule has 74 valence electrons. The van der Waals surface area contributed by atoms with Crippen LogP contribution in [0.5, 0.6) is 0 Å². The molecule has 0 bridgehead atoms. The molecule has 0 radical (unpaired) electrons. The van der Waals surface area contributed by atoms with Gasteiger partial charge in [-0.05, 0) is 31.7 Å². The number of aromatic nitrogens is 2. The van der Waals surface area contributed by atoms with E-state index in [1.165, 1.54) is 0 Å². The number of hydrogen-bond acceptors (Lipinski definition) is 3. The Labute approximate surface area is 82.8 Å². The van der Waals surface area contributed by atoms with E-state index in [9.17, 15) is 5.11 Å². The van der Waals surface area contributed by atoms with Crippen LogP contribution in [0.15, 0.2) is 12.3 Å². The lowest BCUT2D eigenvalue weighted by atomic mass is 9.93. The van der Waals surface area contributed by atoms with Crippen LogP contribution >= 0.6 is 0 Å². The molecular formula is C10H13N3O. The Hall–Kier alpha value is -1.34. The summed E-state index contributed by atoms with van der Waals surface area (Å²) in [6, 6.07) is 4.14. The van der Waals surface area contributed by atoms with Gasteiger partial charge >= 0.3 is 0 Å². The van der Waals surface area contributed by atoms with Gasteiger partial charge in [0.25, 0.3) is 0 Å². The second kappa shape index (κ2) is 3.81. The lowest BCUT2D eigenvalue weighted by Crippen LogP contribution is -2.22. The van der Waals surface area contributed by atoms with E-state index in [1.54, 1.807) is 16.9 Å². The summed E-state index contributed by atoms with van der Waals surface area (Å²) < 4.78 is 1.78. The van der Waals surface area contributed by atoms with Gasteiger partial charge < -0.3 is 5.11 Å². The zero-order valence-corrected chi connectivity index (χ0v) is 7.93. The molecule has 0 saturated heterocycles. The highest BCUT2D eigenvalue weighted by molar-refractivity contribution is 5.19. The SMILES string of the molecule is N#Cc1ccnn1C1CCC(O)CC1. The number of aliphatic hydroxyl groups is 1. The lowest BCUT2D eigenvalue weighted by Gasteiger charge is -2.25. The molecular weight excluding hydrogens is 178 g/mol. The van der Waals surface area contributed by atoms with Gasteiger partial charge in [-0.25, -0.2) is 0 Å². The maximum absolute atomic E-state index is 9.36. The van der Waals surface area contributed by atoms with Gasteiger partial charge in [-0.1, -0.05) is 0 Å². The van der Waals surface area contributed by atoms with E-state index in [2.05, 4.69) is 11.2 Å². The summed E-state index contributed by atoms with van der Waals surface area (Å²) in [5.74, 6) is 0. The van der Waals surface area contributed by atoms with Crippen molar-refractivity contribution in [3.8, 4) is 6.07 Å². The normalized spacial score (nSPS) is 27.1. The molecule has 0 amide bonds. The summed E-state index contributed by atoms with van der Waals surface area (Å²) in [6.07, 6.45) is 4.95. The highest BCUT2D eigenvalue weighted by Gasteiger charge is 2.22. The molecule has 1 aliphatic carbocycles. The van der Waals surface area contributed by atoms with Gasteiger partial charge in [-0.3, -0.25) is 4.68 Å². The average molecular weight is 191 g/mol. The topological polar surface area (TPSA) is 61.8 Å². The molecule has 1 aromatic heterocycles. The van der Waals surface area contributed by atoms with Crippen molar-refractivity contribution in [2.24, 2.45) is 0 Å². The highest BCUT2D eigenvalue weighted by atomic mass is 16.3. The monoisotopic (exact) mass is 191 g/mol. The maximum atomic E-state index is 9.36. The van der Waals surface area contributed by atoms with Gasteiger partial charge in [-0.2, -0.15) is 10.4 Å². The summed E-state index contributed by atoms with van der Waals surface area (Å²) in [6.45, 7) is 0. The van der Waals surface area contributed by atoms with E-state index >= 15 is 0 Å². The molecule has 2 rings (SSSR count). The minimum atomic E-state index is -0.160. The zero-order valence-electron chi connectivity index (χ0n) is 7.93. The molecule has 1 heterocycles.